The Labute approximate surface area is 210 Å². The van der Waals surface area contributed by atoms with Gasteiger partial charge in [0.25, 0.3) is 0 Å². The molecule has 0 aromatic heterocycles. The lowest BCUT2D eigenvalue weighted by atomic mass is 10.0. The van der Waals surface area contributed by atoms with Gasteiger partial charge in [-0.3, -0.25) is 9.79 Å². The maximum Gasteiger partial charge on any atom is 0.352 e. The minimum absolute atomic E-state index is 0.0387. The average Bonchev–Trinajstić information content (AvgIpc) is 2.90. The number of carbonyl (C=O) groups is 2. The minimum Gasteiger partial charge on any atom is -0.497 e. The monoisotopic (exact) mass is 492 g/mol. The number of carboxylic acids is 1. The number of anilines is 2. The van der Waals surface area contributed by atoms with Gasteiger partial charge in [0.15, 0.2) is 6.29 Å². The van der Waals surface area contributed by atoms with E-state index in [2.05, 4.69) is 15.3 Å². The third-order valence-corrected chi connectivity index (χ3v) is 5.33. The molecule has 6 N–H and O–H groups in total. The van der Waals surface area contributed by atoms with Gasteiger partial charge in [0.05, 0.1) is 25.1 Å². The Morgan fingerprint density at radius 3 is 2.53 bits per heavy atom. The zero-order chi connectivity index (χ0) is 26.5. The lowest BCUT2D eigenvalue weighted by molar-refractivity contribution is -0.132. The highest BCUT2D eigenvalue weighted by Crippen LogP contribution is 2.22. The summed E-state index contributed by atoms with van der Waals surface area (Å²) in [6.45, 7) is 0.893. The summed E-state index contributed by atoms with van der Waals surface area (Å²) in [6.07, 6.45) is 3.87. The first-order valence-electron chi connectivity index (χ1n) is 11.1. The molecule has 0 heterocycles. The van der Waals surface area contributed by atoms with Crippen molar-refractivity contribution in [1.82, 2.24) is 0 Å². The number of hydrogen-bond donors (Lipinski definition) is 4. The second kappa shape index (κ2) is 14.0. The van der Waals surface area contributed by atoms with Crippen LogP contribution < -0.4 is 26.4 Å². The molecule has 0 aliphatic carbocycles. The molecule has 2 aromatic carbocycles. The largest absolute Gasteiger partial charge is 0.497 e. The lowest BCUT2D eigenvalue weighted by Crippen LogP contribution is -2.24. The Kier molecular flexibility index (Phi) is 10.7. The van der Waals surface area contributed by atoms with Crippen LogP contribution in [-0.2, 0) is 9.59 Å². The summed E-state index contributed by atoms with van der Waals surface area (Å²) in [7, 11) is 5.10. The van der Waals surface area contributed by atoms with Crippen LogP contribution in [0, 0.1) is 0 Å². The minimum atomic E-state index is -1.32. The van der Waals surface area contributed by atoms with Gasteiger partial charge in [0, 0.05) is 37.6 Å². The molecule has 2 aromatic rings. The van der Waals surface area contributed by atoms with Crippen LogP contribution in [0.3, 0.4) is 0 Å². The summed E-state index contributed by atoms with van der Waals surface area (Å²) >= 11 is 0. The molecule has 2 rings (SSSR count). The highest BCUT2D eigenvalue weighted by Gasteiger charge is 2.17. The van der Waals surface area contributed by atoms with Crippen molar-refractivity contribution in [2.45, 2.75) is 6.42 Å². The Bertz CT molecular complexity index is 1170. The van der Waals surface area contributed by atoms with Gasteiger partial charge in [-0.15, -0.1) is 0 Å². The van der Waals surface area contributed by atoms with E-state index in [0.717, 1.165) is 17.1 Å². The number of methoxy groups -OCH3 is 1. The Hall–Kier alpha value is -4.60. The Morgan fingerprint density at radius 1 is 1.22 bits per heavy atom. The van der Waals surface area contributed by atoms with Crippen molar-refractivity contribution in [2.24, 2.45) is 21.5 Å². The van der Waals surface area contributed by atoms with Gasteiger partial charge in [-0.05, 0) is 61.2 Å². The quantitative estimate of drug-likeness (QED) is 0.189. The van der Waals surface area contributed by atoms with E-state index in [1.54, 1.807) is 44.5 Å². The first-order chi connectivity index (χ1) is 17.3. The molecule has 0 saturated carbocycles. The molecule has 10 heteroatoms. The fourth-order valence-corrected chi connectivity index (χ4v) is 3.27. The van der Waals surface area contributed by atoms with Gasteiger partial charge >= 0.3 is 5.97 Å². The van der Waals surface area contributed by atoms with Crippen molar-refractivity contribution in [2.75, 3.05) is 44.5 Å². The van der Waals surface area contributed by atoms with Crippen LogP contribution in [0.5, 0.6) is 5.75 Å². The molecule has 36 heavy (non-hydrogen) atoms. The average molecular weight is 493 g/mol. The molecule has 0 spiro atoms. The molecule has 0 saturated heterocycles. The highest BCUT2D eigenvalue weighted by atomic mass is 16.5. The predicted molar refractivity (Wildman–Crippen MR) is 145 cm³/mol. The molecule has 0 fully saturated rings. The van der Waals surface area contributed by atoms with Crippen molar-refractivity contribution in [3.8, 4) is 5.75 Å². The van der Waals surface area contributed by atoms with Crippen molar-refractivity contribution in [3.63, 3.8) is 0 Å². The number of aldehydes is 1. The number of carbonyl (C=O) groups excluding carboxylic acids is 1. The molecular formula is C26H32N6O4. The van der Waals surface area contributed by atoms with Crippen LogP contribution in [0.1, 0.15) is 6.42 Å². The number of hydrogen-bond acceptors (Lipinski definition) is 9. The molecule has 0 aliphatic rings. The van der Waals surface area contributed by atoms with Crippen LogP contribution in [-0.4, -0.2) is 63.1 Å². The van der Waals surface area contributed by atoms with Crippen LogP contribution in [0.4, 0.5) is 17.1 Å². The first kappa shape index (κ1) is 27.6. The van der Waals surface area contributed by atoms with Crippen molar-refractivity contribution < 1.29 is 19.4 Å². The van der Waals surface area contributed by atoms with E-state index in [9.17, 15) is 14.7 Å². The molecule has 190 valence electrons. The maximum absolute atomic E-state index is 11.9. The normalized spacial score (nSPS) is 12.8. The fourth-order valence-electron chi connectivity index (χ4n) is 3.27. The van der Waals surface area contributed by atoms with Gasteiger partial charge in [0.2, 0.25) is 0 Å². The van der Waals surface area contributed by atoms with Crippen LogP contribution in [0.15, 0.2) is 82.1 Å². The molecule has 0 radical (unpaired) electrons. The van der Waals surface area contributed by atoms with E-state index < -0.39 is 11.7 Å². The van der Waals surface area contributed by atoms with Gasteiger partial charge in [-0.25, -0.2) is 9.79 Å². The molecule has 0 atom stereocenters. The number of carboxylic acid groups (broad SMARTS) is 1. The summed E-state index contributed by atoms with van der Waals surface area (Å²) < 4.78 is 5.13. The highest BCUT2D eigenvalue weighted by molar-refractivity contribution is 6.37. The number of benzene rings is 2. The van der Waals surface area contributed by atoms with E-state index in [1.165, 1.54) is 6.20 Å². The van der Waals surface area contributed by atoms with E-state index in [0.29, 0.717) is 30.8 Å². The summed E-state index contributed by atoms with van der Waals surface area (Å²) in [5.74, 6) is -0.683. The SMILES string of the molecule is CN=C(C=CN)CNc1cccc(N(C)CCC(C(C=O)=Nc2ccc(OC)cc2)=C(N)C(=O)O)c1. The smallest absolute Gasteiger partial charge is 0.352 e. The number of nitrogens with two attached hydrogens (primary N) is 2. The number of ether oxygens (including phenoxy) is 1. The van der Waals surface area contributed by atoms with E-state index in [1.807, 2.05) is 36.2 Å². The zero-order valence-corrected chi connectivity index (χ0v) is 20.6. The lowest BCUT2D eigenvalue weighted by Gasteiger charge is -2.21. The van der Waals surface area contributed by atoms with Crippen LogP contribution >= 0.6 is 0 Å². The van der Waals surface area contributed by atoms with E-state index in [-0.39, 0.29) is 17.7 Å². The summed E-state index contributed by atoms with van der Waals surface area (Å²) in [5.41, 5.74) is 14.0. The van der Waals surface area contributed by atoms with Crippen molar-refractivity contribution in [3.05, 3.63) is 72.1 Å². The number of aliphatic imine (C=N–C) groups is 2. The standard InChI is InChI=1S/C26H32N6O4/c1-29-20(11-13-27)16-30-19-5-4-6-21(15-19)32(2)14-12-23(25(28)26(34)35)24(17-33)31-18-7-9-22(36-3)10-8-18/h4-11,13,15,17,30H,12,14,16,27-28H2,1-3H3,(H,34,35). The maximum atomic E-state index is 11.9. The van der Waals surface area contributed by atoms with Crippen molar-refractivity contribution >= 4 is 40.7 Å². The third-order valence-electron chi connectivity index (χ3n) is 5.33. The predicted octanol–water partition coefficient (Wildman–Crippen LogP) is 2.75. The number of nitrogens with one attached hydrogen (secondary N) is 1. The van der Waals surface area contributed by atoms with Crippen LogP contribution in [0.25, 0.3) is 0 Å². The number of nitrogens with zero attached hydrogens (tertiary/aromatic N) is 3. The molecule has 10 nitrogen and oxygen atoms in total. The van der Waals surface area contributed by atoms with Gasteiger partial charge in [0.1, 0.15) is 17.2 Å². The topological polar surface area (TPSA) is 156 Å². The summed E-state index contributed by atoms with van der Waals surface area (Å²) in [4.78, 5) is 33.9. The van der Waals surface area contributed by atoms with Crippen LogP contribution in [0.2, 0.25) is 0 Å². The third kappa shape index (κ3) is 8.01. The van der Waals surface area contributed by atoms with Gasteiger partial charge < -0.3 is 31.5 Å². The summed E-state index contributed by atoms with van der Waals surface area (Å²) in [6, 6.07) is 14.4. The van der Waals surface area contributed by atoms with Gasteiger partial charge in [-0.1, -0.05) is 6.07 Å². The second-order valence-corrected chi connectivity index (χ2v) is 7.66. The molecule has 0 unspecified atom stereocenters. The first-order valence-corrected chi connectivity index (χ1v) is 11.1. The zero-order valence-electron chi connectivity index (χ0n) is 20.6. The number of rotatable bonds is 13. The Morgan fingerprint density at radius 2 is 1.94 bits per heavy atom. The molecular weight excluding hydrogens is 460 g/mol. The Balaban J connectivity index is 2.21. The second-order valence-electron chi connectivity index (χ2n) is 7.66. The summed E-state index contributed by atoms with van der Waals surface area (Å²) in [5, 5.41) is 12.8. The molecule has 0 aliphatic heterocycles. The molecule has 0 bridgehead atoms. The van der Waals surface area contributed by atoms with E-state index >= 15 is 0 Å². The van der Waals surface area contributed by atoms with Crippen molar-refractivity contribution in [1.29, 1.82) is 0 Å². The van der Waals surface area contributed by atoms with Gasteiger partial charge in [-0.2, -0.15) is 0 Å². The number of aliphatic carboxylic acids is 1. The fraction of sp³-hybridized carbons (Fsp3) is 0.231. The molecule has 0 amide bonds. The van der Waals surface area contributed by atoms with E-state index in [4.69, 9.17) is 16.2 Å².